The van der Waals surface area contributed by atoms with Gasteiger partial charge in [-0.2, -0.15) is 0 Å². The number of piperidine rings is 1. The summed E-state index contributed by atoms with van der Waals surface area (Å²) in [6.45, 7) is 4.11. The van der Waals surface area contributed by atoms with E-state index in [4.69, 9.17) is 4.74 Å². The van der Waals surface area contributed by atoms with Crippen LogP contribution >= 0.6 is 31.9 Å². The van der Waals surface area contributed by atoms with Crippen LogP contribution in [0.1, 0.15) is 18.9 Å². The first-order valence-corrected chi connectivity index (χ1v) is 8.37. The molecule has 1 aromatic carbocycles. The van der Waals surface area contributed by atoms with Crippen molar-refractivity contribution in [1.82, 2.24) is 4.90 Å². The molecule has 0 bridgehead atoms. The summed E-state index contributed by atoms with van der Waals surface area (Å²) in [5.41, 5.74) is 1.27. The summed E-state index contributed by atoms with van der Waals surface area (Å²) in [4.78, 5) is 13.9. The molecule has 0 N–H and O–H groups in total. The summed E-state index contributed by atoms with van der Waals surface area (Å²) in [6, 6.07) is 9.77. The van der Waals surface area contributed by atoms with Crippen LogP contribution in [0.3, 0.4) is 0 Å². The normalized spacial score (nSPS) is 30.6. The highest BCUT2D eigenvalue weighted by Gasteiger charge is 2.73. The number of rotatable bonds is 2. The molecule has 0 spiro atoms. The van der Waals surface area contributed by atoms with Crippen LogP contribution in [-0.2, 0) is 11.3 Å². The Labute approximate surface area is 135 Å². The lowest BCUT2D eigenvalue weighted by atomic mass is 9.98. The molecular weight excluding hydrogens is 386 g/mol. The summed E-state index contributed by atoms with van der Waals surface area (Å²) in [5.74, 6) is 0.452. The molecule has 2 fully saturated rings. The molecule has 1 heterocycles. The number of halogens is 2. The van der Waals surface area contributed by atoms with Crippen molar-refractivity contribution in [2.24, 2.45) is 11.3 Å². The van der Waals surface area contributed by atoms with Gasteiger partial charge in [0.25, 0.3) is 0 Å². The first-order valence-electron chi connectivity index (χ1n) is 6.78. The molecule has 0 unspecified atom stereocenters. The van der Waals surface area contributed by atoms with Crippen LogP contribution in [0.2, 0.25) is 0 Å². The average molecular weight is 403 g/mol. The number of alkyl halides is 2. The lowest BCUT2D eigenvalue weighted by Crippen LogP contribution is -2.39. The molecule has 20 heavy (non-hydrogen) atoms. The summed E-state index contributed by atoms with van der Waals surface area (Å²) < 4.78 is 5.38. The number of fused-ring (bicyclic) bond motifs is 1. The molecule has 2 aliphatic rings. The smallest absolute Gasteiger partial charge is 0.410 e. The third-order valence-corrected chi connectivity index (χ3v) is 7.57. The molecule has 2 atom stereocenters. The van der Waals surface area contributed by atoms with Crippen molar-refractivity contribution < 1.29 is 9.53 Å². The summed E-state index contributed by atoms with van der Waals surface area (Å²) in [5, 5.41) is 0. The van der Waals surface area contributed by atoms with Crippen molar-refractivity contribution in [1.29, 1.82) is 0 Å². The lowest BCUT2D eigenvalue weighted by molar-refractivity contribution is 0.0824. The molecule has 108 valence electrons. The number of hydrogen-bond donors (Lipinski definition) is 0. The molecule has 0 radical (unpaired) electrons. The Kier molecular flexibility index (Phi) is 3.61. The van der Waals surface area contributed by atoms with Gasteiger partial charge < -0.3 is 9.64 Å². The number of likely N-dealkylation sites (tertiary alicyclic amines) is 1. The Hall–Kier alpha value is -0.550. The first-order chi connectivity index (χ1) is 9.45. The van der Waals surface area contributed by atoms with Gasteiger partial charge in [-0.1, -0.05) is 69.1 Å². The first kappa shape index (κ1) is 14.4. The topological polar surface area (TPSA) is 29.5 Å². The fourth-order valence-corrected chi connectivity index (χ4v) is 5.01. The van der Waals surface area contributed by atoms with Gasteiger partial charge in [0.1, 0.15) is 6.61 Å². The van der Waals surface area contributed by atoms with Crippen LogP contribution in [0.5, 0.6) is 0 Å². The standard InChI is InChI=1S/C15H17Br2NO2/c1-14-7-8-18(9-12(14)15(14,16)17)13(19)20-10-11-5-3-2-4-6-11/h2-6,12H,7-10H2,1H3/t12-,14+/m1/s1. The van der Waals surface area contributed by atoms with E-state index >= 15 is 0 Å². The number of carbonyl (C=O) groups excluding carboxylic acids is 1. The number of hydrogen-bond acceptors (Lipinski definition) is 2. The predicted molar refractivity (Wildman–Crippen MR) is 85.0 cm³/mol. The van der Waals surface area contributed by atoms with E-state index in [1.807, 2.05) is 35.2 Å². The van der Waals surface area contributed by atoms with E-state index < -0.39 is 0 Å². The van der Waals surface area contributed by atoms with E-state index in [1.54, 1.807) is 0 Å². The van der Waals surface area contributed by atoms with Crippen molar-refractivity contribution in [3.63, 3.8) is 0 Å². The fraction of sp³-hybridized carbons (Fsp3) is 0.533. The van der Waals surface area contributed by atoms with E-state index in [-0.39, 0.29) is 14.7 Å². The zero-order chi connectivity index (χ0) is 14.4. The Morgan fingerprint density at radius 2 is 2.10 bits per heavy atom. The number of ether oxygens (including phenoxy) is 1. The maximum atomic E-state index is 12.1. The quantitative estimate of drug-likeness (QED) is 0.695. The second-order valence-corrected chi connectivity index (χ2v) is 9.40. The van der Waals surface area contributed by atoms with E-state index in [0.29, 0.717) is 12.5 Å². The van der Waals surface area contributed by atoms with Gasteiger partial charge in [-0.3, -0.25) is 0 Å². The monoisotopic (exact) mass is 401 g/mol. The second kappa shape index (κ2) is 5.02. The minimum Gasteiger partial charge on any atom is -0.445 e. The highest BCUT2D eigenvalue weighted by atomic mass is 79.9. The average Bonchev–Trinajstić information content (AvgIpc) is 2.90. The van der Waals surface area contributed by atoms with Gasteiger partial charge >= 0.3 is 6.09 Å². The van der Waals surface area contributed by atoms with Gasteiger partial charge in [-0.25, -0.2) is 4.79 Å². The minimum atomic E-state index is -0.210. The third-order valence-electron chi connectivity index (χ3n) is 4.65. The molecule has 3 rings (SSSR count). The molecule has 0 aromatic heterocycles. The molecule has 3 nitrogen and oxygen atoms in total. The van der Waals surface area contributed by atoms with Crippen LogP contribution in [0.25, 0.3) is 0 Å². The van der Waals surface area contributed by atoms with Crippen LogP contribution in [0.15, 0.2) is 30.3 Å². The van der Waals surface area contributed by atoms with Crippen molar-refractivity contribution >= 4 is 38.0 Å². The summed E-state index contributed by atoms with van der Waals surface area (Å²) >= 11 is 7.45. The molecule has 1 saturated carbocycles. The molecule has 1 aliphatic carbocycles. The van der Waals surface area contributed by atoms with Crippen molar-refractivity contribution in [2.45, 2.75) is 23.2 Å². The van der Waals surface area contributed by atoms with Gasteiger partial charge in [0.05, 0.1) is 3.23 Å². The largest absolute Gasteiger partial charge is 0.445 e. The lowest BCUT2D eigenvalue weighted by Gasteiger charge is -2.28. The van der Waals surface area contributed by atoms with Crippen LogP contribution in [-0.4, -0.2) is 27.3 Å². The summed E-state index contributed by atoms with van der Waals surface area (Å²) in [6.07, 6.45) is 0.785. The highest BCUT2D eigenvalue weighted by Crippen LogP contribution is 2.74. The number of benzene rings is 1. The SMILES string of the molecule is C[C@]12CCN(C(=O)OCc3ccccc3)C[C@H]1C2(Br)Br. The van der Waals surface area contributed by atoms with Gasteiger partial charge in [-0.15, -0.1) is 0 Å². The van der Waals surface area contributed by atoms with Gasteiger partial charge in [0.2, 0.25) is 0 Å². The predicted octanol–water partition coefficient (Wildman–Crippen LogP) is 4.15. The van der Waals surface area contributed by atoms with Gasteiger partial charge in [-0.05, 0) is 12.0 Å². The molecule has 1 saturated heterocycles. The molecule has 1 aromatic rings. The maximum absolute atomic E-state index is 12.1. The van der Waals surface area contributed by atoms with E-state index in [1.165, 1.54) is 0 Å². The number of amides is 1. The van der Waals surface area contributed by atoms with Gasteiger partial charge in [0.15, 0.2) is 0 Å². The van der Waals surface area contributed by atoms with Crippen molar-refractivity contribution in [3.8, 4) is 0 Å². The number of carbonyl (C=O) groups is 1. The molecular formula is C15H17Br2NO2. The van der Waals surface area contributed by atoms with Crippen LogP contribution in [0.4, 0.5) is 4.79 Å². The van der Waals surface area contributed by atoms with E-state index in [0.717, 1.165) is 25.1 Å². The Bertz CT molecular complexity index is 520. The van der Waals surface area contributed by atoms with Gasteiger partial charge in [0, 0.05) is 24.4 Å². The minimum absolute atomic E-state index is 0.0124. The number of nitrogens with zero attached hydrogens (tertiary/aromatic N) is 1. The fourth-order valence-electron chi connectivity index (χ4n) is 2.99. The molecule has 1 amide bonds. The Balaban J connectivity index is 1.55. The molecule has 1 aliphatic heterocycles. The Morgan fingerprint density at radius 3 is 2.75 bits per heavy atom. The zero-order valence-corrected chi connectivity index (χ0v) is 14.5. The maximum Gasteiger partial charge on any atom is 0.410 e. The van der Waals surface area contributed by atoms with Crippen molar-refractivity contribution in [2.75, 3.05) is 13.1 Å². The zero-order valence-electron chi connectivity index (χ0n) is 11.3. The summed E-state index contributed by atoms with van der Waals surface area (Å²) in [7, 11) is 0. The van der Waals surface area contributed by atoms with Crippen LogP contribution < -0.4 is 0 Å². The second-order valence-electron chi connectivity index (χ2n) is 5.83. The van der Waals surface area contributed by atoms with E-state index in [2.05, 4.69) is 38.8 Å². The molecule has 5 heteroatoms. The van der Waals surface area contributed by atoms with Crippen molar-refractivity contribution in [3.05, 3.63) is 35.9 Å². The third kappa shape index (κ3) is 2.29. The highest BCUT2D eigenvalue weighted by molar-refractivity contribution is 9.25. The Morgan fingerprint density at radius 1 is 1.40 bits per heavy atom. The van der Waals surface area contributed by atoms with E-state index in [9.17, 15) is 4.79 Å². The van der Waals surface area contributed by atoms with Crippen LogP contribution in [0, 0.1) is 11.3 Å².